The van der Waals surface area contributed by atoms with Crippen molar-refractivity contribution < 1.29 is 9.59 Å². The Morgan fingerprint density at radius 1 is 1.46 bits per heavy atom. The molecule has 2 fully saturated rings. The fourth-order valence-electron chi connectivity index (χ4n) is 3.55. The Balaban J connectivity index is 1.79. The number of nitrogens with zero attached hydrogens (tertiary/aromatic N) is 2. The summed E-state index contributed by atoms with van der Waals surface area (Å²) in [6.45, 7) is 4.88. The molecule has 6 heteroatoms. The van der Waals surface area contributed by atoms with Gasteiger partial charge in [-0.05, 0) is 46.0 Å². The van der Waals surface area contributed by atoms with Gasteiger partial charge in [0, 0.05) is 24.4 Å². The van der Waals surface area contributed by atoms with Crippen LogP contribution < -0.4 is 5.32 Å². The van der Waals surface area contributed by atoms with Gasteiger partial charge in [-0.2, -0.15) is 0 Å². The second-order valence-electron chi connectivity index (χ2n) is 7.15. The van der Waals surface area contributed by atoms with E-state index in [1.54, 1.807) is 16.7 Å². The lowest BCUT2D eigenvalue weighted by Gasteiger charge is -2.30. The predicted octanol–water partition coefficient (Wildman–Crippen LogP) is 2.45. The molecule has 0 spiro atoms. The summed E-state index contributed by atoms with van der Waals surface area (Å²) in [5, 5.41) is 3.06. The number of benzene rings is 1. The lowest BCUT2D eigenvalue weighted by atomic mass is 10.1. The second kappa shape index (κ2) is 6.41. The van der Waals surface area contributed by atoms with Crippen molar-refractivity contribution in [1.82, 2.24) is 9.80 Å². The molecule has 0 aromatic heterocycles. The maximum atomic E-state index is 12.8. The van der Waals surface area contributed by atoms with Crippen LogP contribution in [0.1, 0.15) is 30.9 Å². The number of hydrogen-bond donors (Lipinski definition) is 1. The van der Waals surface area contributed by atoms with Crippen molar-refractivity contribution >= 4 is 29.3 Å². The third-order valence-corrected chi connectivity index (χ3v) is 6.26. The normalized spacial score (nSPS) is 26.1. The minimum absolute atomic E-state index is 0.0784. The van der Waals surface area contributed by atoms with Crippen LogP contribution in [0.15, 0.2) is 18.2 Å². The number of carbonyl (C=O) groups excluding carboxylic acids is 2. The van der Waals surface area contributed by atoms with Crippen LogP contribution in [0.2, 0.25) is 0 Å². The SMILES string of the molecule is Cc1ccc(NC(=O)[C@H]2CS[C@]3(C)CCC(=O)N23)c(CN(C)C)c1. The Morgan fingerprint density at radius 3 is 2.92 bits per heavy atom. The zero-order valence-corrected chi connectivity index (χ0v) is 15.6. The number of amides is 2. The number of thioether (sulfide) groups is 1. The first-order valence-electron chi connectivity index (χ1n) is 8.31. The molecule has 2 heterocycles. The van der Waals surface area contributed by atoms with Crippen LogP contribution >= 0.6 is 11.8 Å². The van der Waals surface area contributed by atoms with E-state index in [0.29, 0.717) is 12.2 Å². The van der Waals surface area contributed by atoms with Crippen molar-refractivity contribution in [3.8, 4) is 0 Å². The molecule has 0 bridgehead atoms. The zero-order chi connectivity index (χ0) is 17.5. The summed E-state index contributed by atoms with van der Waals surface area (Å²) < 4.78 is 0. The lowest BCUT2D eigenvalue weighted by molar-refractivity contribution is -0.135. The van der Waals surface area contributed by atoms with Crippen molar-refractivity contribution in [2.24, 2.45) is 0 Å². The van der Waals surface area contributed by atoms with Gasteiger partial charge in [0.05, 0.1) is 4.87 Å². The number of aryl methyl sites for hydroxylation is 1. The van der Waals surface area contributed by atoms with Crippen molar-refractivity contribution in [1.29, 1.82) is 0 Å². The van der Waals surface area contributed by atoms with Gasteiger partial charge in [-0.3, -0.25) is 9.59 Å². The van der Waals surface area contributed by atoms with Crippen LogP contribution in [0.3, 0.4) is 0 Å². The van der Waals surface area contributed by atoms with Crippen LogP contribution in [0.25, 0.3) is 0 Å². The van der Waals surface area contributed by atoms with Gasteiger partial charge in [-0.15, -0.1) is 11.8 Å². The Morgan fingerprint density at radius 2 is 2.21 bits per heavy atom. The molecule has 2 saturated heterocycles. The topological polar surface area (TPSA) is 52.7 Å². The largest absolute Gasteiger partial charge is 0.324 e. The van der Waals surface area contributed by atoms with Gasteiger partial charge in [-0.1, -0.05) is 17.7 Å². The van der Waals surface area contributed by atoms with Crippen molar-refractivity contribution in [2.75, 3.05) is 25.2 Å². The average molecular weight is 347 g/mol. The lowest BCUT2D eigenvalue weighted by Crippen LogP contribution is -2.48. The van der Waals surface area contributed by atoms with Crippen LogP contribution in [0.4, 0.5) is 5.69 Å². The Bertz CT molecular complexity index is 676. The standard InChI is InChI=1S/C18H25N3O2S/c1-12-5-6-14(13(9-12)10-20(3)4)19-17(23)15-11-24-18(2)8-7-16(22)21(15)18/h5-6,9,15H,7-8,10-11H2,1-4H3,(H,19,23)/t15-,18-/m1/s1. The fraction of sp³-hybridized carbons (Fsp3) is 0.556. The summed E-state index contributed by atoms with van der Waals surface area (Å²) in [6.07, 6.45) is 1.38. The molecule has 2 amide bonds. The molecule has 5 nitrogen and oxygen atoms in total. The van der Waals surface area contributed by atoms with Crippen molar-refractivity contribution in [2.45, 2.75) is 44.1 Å². The quantitative estimate of drug-likeness (QED) is 0.909. The highest BCUT2D eigenvalue weighted by Gasteiger charge is 2.52. The number of hydrogen-bond acceptors (Lipinski definition) is 4. The first kappa shape index (κ1) is 17.3. The molecule has 24 heavy (non-hydrogen) atoms. The van der Waals surface area contributed by atoms with Crippen LogP contribution in [0.5, 0.6) is 0 Å². The Labute approximate surface area is 147 Å². The average Bonchev–Trinajstić information content (AvgIpc) is 2.98. The van der Waals surface area contributed by atoms with Gasteiger partial charge in [0.1, 0.15) is 6.04 Å². The molecule has 0 radical (unpaired) electrons. The Hall–Kier alpha value is -1.53. The monoisotopic (exact) mass is 347 g/mol. The van der Waals surface area contributed by atoms with E-state index in [9.17, 15) is 9.59 Å². The van der Waals surface area contributed by atoms with E-state index < -0.39 is 0 Å². The van der Waals surface area contributed by atoms with Gasteiger partial charge in [0.2, 0.25) is 11.8 Å². The van der Waals surface area contributed by atoms with Gasteiger partial charge in [-0.25, -0.2) is 0 Å². The maximum absolute atomic E-state index is 12.8. The number of fused-ring (bicyclic) bond motifs is 1. The van der Waals surface area contributed by atoms with E-state index in [0.717, 1.165) is 24.2 Å². The number of carbonyl (C=O) groups is 2. The molecular weight excluding hydrogens is 322 g/mol. The smallest absolute Gasteiger partial charge is 0.248 e. The molecule has 3 rings (SSSR count). The number of nitrogens with one attached hydrogen (secondary N) is 1. The third-order valence-electron chi connectivity index (χ3n) is 4.75. The number of rotatable bonds is 4. The predicted molar refractivity (Wildman–Crippen MR) is 97.9 cm³/mol. The highest BCUT2D eigenvalue weighted by Crippen LogP contribution is 2.47. The minimum atomic E-state index is -0.372. The van der Waals surface area contributed by atoms with E-state index in [-0.39, 0.29) is 22.7 Å². The summed E-state index contributed by atoms with van der Waals surface area (Å²) in [5.74, 6) is 0.688. The van der Waals surface area contributed by atoms with Crippen LogP contribution in [-0.2, 0) is 16.1 Å². The fourth-order valence-corrected chi connectivity index (χ4v) is 4.98. The highest BCUT2D eigenvalue weighted by molar-refractivity contribution is 8.01. The molecule has 2 aliphatic heterocycles. The minimum Gasteiger partial charge on any atom is -0.324 e. The molecule has 0 saturated carbocycles. The molecule has 130 valence electrons. The van der Waals surface area contributed by atoms with Gasteiger partial charge >= 0.3 is 0 Å². The van der Waals surface area contributed by atoms with Crippen LogP contribution in [-0.4, -0.2) is 52.4 Å². The van der Waals surface area contributed by atoms with E-state index in [1.807, 2.05) is 33.2 Å². The summed E-state index contributed by atoms with van der Waals surface area (Å²) in [5.41, 5.74) is 3.10. The van der Waals surface area contributed by atoms with Crippen LogP contribution in [0, 0.1) is 6.92 Å². The molecule has 0 unspecified atom stereocenters. The zero-order valence-electron chi connectivity index (χ0n) is 14.8. The molecule has 2 aliphatic rings. The Kier molecular flexibility index (Phi) is 4.62. The summed E-state index contributed by atoms with van der Waals surface area (Å²) in [6, 6.07) is 5.69. The first-order valence-corrected chi connectivity index (χ1v) is 9.30. The summed E-state index contributed by atoms with van der Waals surface area (Å²) >= 11 is 1.72. The molecule has 1 aromatic carbocycles. The van der Waals surface area contributed by atoms with Gasteiger partial charge in [0.25, 0.3) is 0 Å². The third kappa shape index (κ3) is 3.17. The summed E-state index contributed by atoms with van der Waals surface area (Å²) in [4.78, 5) is 28.7. The number of anilines is 1. The van der Waals surface area contributed by atoms with E-state index in [2.05, 4.69) is 23.2 Å². The molecule has 1 aromatic rings. The summed E-state index contributed by atoms with van der Waals surface area (Å²) in [7, 11) is 4.02. The van der Waals surface area contributed by atoms with Crippen molar-refractivity contribution in [3.05, 3.63) is 29.3 Å². The molecule has 2 atom stereocenters. The van der Waals surface area contributed by atoms with E-state index in [4.69, 9.17) is 0 Å². The van der Waals surface area contributed by atoms with Crippen molar-refractivity contribution in [3.63, 3.8) is 0 Å². The first-order chi connectivity index (χ1) is 11.3. The molecule has 0 aliphatic carbocycles. The van der Waals surface area contributed by atoms with Gasteiger partial charge in [0.15, 0.2) is 0 Å². The van der Waals surface area contributed by atoms with E-state index >= 15 is 0 Å². The van der Waals surface area contributed by atoms with E-state index in [1.165, 1.54) is 5.56 Å². The highest BCUT2D eigenvalue weighted by atomic mass is 32.2. The second-order valence-corrected chi connectivity index (χ2v) is 8.65. The molecule has 1 N–H and O–H groups in total. The molecular formula is C18H25N3O2S. The van der Waals surface area contributed by atoms with Gasteiger partial charge < -0.3 is 15.1 Å². The maximum Gasteiger partial charge on any atom is 0.248 e.